The van der Waals surface area contributed by atoms with Gasteiger partial charge in [-0.1, -0.05) is 74.1 Å². The largest absolute Gasteiger partial charge is 0.465 e. The molecule has 0 aromatic carbocycles. The van der Waals surface area contributed by atoms with E-state index in [1.54, 1.807) is 0 Å². The minimum Gasteiger partial charge on any atom is -0.465 e. The van der Waals surface area contributed by atoms with Gasteiger partial charge in [0.25, 0.3) is 0 Å². The molecule has 1 aliphatic heterocycles. The highest BCUT2D eigenvalue weighted by molar-refractivity contribution is 5.81. The van der Waals surface area contributed by atoms with E-state index in [0.717, 1.165) is 44.9 Å². The Kier molecular flexibility index (Phi) is 20.0. The maximum atomic E-state index is 13.5. The van der Waals surface area contributed by atoms with E-state index in [0.29, 0.717) is 45.2 Å². The van der Waals surface area contributed by atoms with Crippen molar-refractivity contribution in [3.05, 3.63) is 0 Å². The molecule has 288 valence electrons. The number of carbonyl (C=O) groups excluding carboxylic acids is 5. The van der Waals surface area contributed by atoms with Crippen LogP contribution in [0.5, 0.6) is 0 Å². The number of unbranched alkanes of at least 4 members (excludes halogenated alkanes) is 1. The Morgan fingerprint density at radius 3 is 1.70 bits per heavy atom. The fourth-order valence-corrected chi connectivity index (χ4v) is 6.89. The highest BCUT2D eigenvalue weighted by Gasteiger charge is 2.44. The van der Waals surface area contributed by atoms with Crippen molar-refractivity contribution >= 4 is 29.8 Å². The summed E-state index contributed by atoms with van der Waals surface area (Å²) in [5.74, 6) is -1.30. The number of hydrogen-bond donors (Lipinski definition) is 0. The van der Waals surface area contributed by atoms with Crippen LogP contribution < -0.4 is 0 Å². The van der Waals surface area contributed by atoms with Crippen LogP contribution in [0.1, 0.15) is 151 Å². The Balaban J connectivity index is 2.25. The third kappa shape index (κ3) is 15.7. The molecule has 1 saturated carbocycles. The number of esters is 4. The Bertz CT molecular complexity index is 1020. The summed E-state index contributed by atoms with van der Waals surface area (Å²) in [4.78, 5) is 68.3. The number of hydrogen-bond acceptors (Lipinski definition) is 10. The zero-order chi connectivity index (χ0) is 37.1. The van der Waals surface area contributed by atoms with Crippen LogP contribution >= 0.6 is 0 Å². The van der Waals surface area contributed by atoms with Gasteiger partial charge in [0.1, 0.15) is 0 Å². The second-order valence-corrected chi connectivity index (χ2v) is 15.3. The van der Waals surface area contributed by atoms with E-state index < -0.39 is 41.6 Å². The second kappa shape index (κ2) is 23.0. The third-order valence-corrected chi connectivity index (χ3v) is 9.43. The smallest absolute Gasteiger partial charge is 0.306 e. The van der Waals surface area contributed by atoms with Crippen LogP contribution in [0.2, 0.25) is 0 Å². The van der Waals surface area contributed by atoms with E-state index in [1.807, 2.05) is 48.5 Å². The molecule has 1 saturated heterocycles. The summed E-state index contributed by atoms with van der Waals surface area (Å²) in [5, 5.41) is 0. The number of ether oxygens (including phenoxy) is 4. The van der Waals surface area contributed by atoms with Crippen molar-refractivity contribution in [1.29, 1.82) is 0 Å². The summed E-state index contributed by atoms with van der Waals surface area (Å²) < 4.78 is 23.4. The molecule has 0 spiro atoms. The third-order valence-electron chi connectivity index (χ3n) is 9.43. The molecule has 2 fully saturated rings. The lowest BCUT2D eigenvalue weighted by Crippen LogP contribution is -2.60. The zero-order valence-corrected chi connectivity index (χ0v) is 32.3. The van der Waals surface area contributed by atoms with Crippen molar-refractivity contribution in [3.63, 3.8) is 0 Å². The van der Waals surface area contributed by atoms with Crippen LogP contribution in [0.15, 0.2) is 0 Å². The van der Waals surface area contributed by atoms with Gasteiger partial charge in [0, 0.05) is 69.2 Å². The molecule has 0 radical (unpaired) electrons. The predicted octanol–water partition coefficient (Wildman–Crippen LogP) is 6.77. The van der Waals surface area contributed by atoms with Crippen LogP contribution in [-0.2, 0) is 42.9 Å². The predicted molar refractivity (Wildman–Crippen MR) is 192 cm³/mol. The van der Waals surface area contributed by atoms with Crippen molar-refractivity contribution in [2.45, 2.75) is 176 Å². The molecule has 1 heterocycles. The Morgan fingerprint density at radius 1 is 0.700 bits per heavy atom. The summed E-state index contributed by atoms with van der Waals surface area (Å²) in [6, 6.07) is 0.286. The van der Waals surface area contributed by atoms with Crippen LogP contribution in [0.4, 0.5) is 0 Å². The number of likely N-dealkylation sites (tertiary alicyclic amines) is 1. The lowest BCUT2D eigenvalue weighted by molar-refractivity contribution is -0.198. The molecule has 0 N–H and O–H groups in total. The maximum absolute atomic E-state index is 13.5. The molecular formula is C39H68N2O9. The van der Waals surface area contributed by atoms with Crippen LogP contribution in [0.25, 0.3) is 0 Å². The Labute approximate surface area is 301 Å². The van der Waals surface area contributed by atoms with Crippen molar-refractivity contribution in [1.82, 2.24) is 9.80 Å². The standard InChI is InChI=1S/C39H68N2O9/c1-8-17-33(42)47-28-29(21-15-16-24-41(38(46)39(5,6)7)30-22-13-12-14-23-30)25-40-26-31(48-34(43)18-9-2)37(50-36(45)20-11-4)32(27-40)49-35(44)19-10-3/h29-32,37H,8-28H2,1-7H3/t29-,31-,32+,37?/m1/s1. The first-order valence-electron chi connectivity index (χ1n) is 19.6. The molecule has 11 heteroatoms. The first-order valence-corrected chi connectivity index (χ1v) is 19.6. The topological polar surface area (TPSA) is 129 Å². The molecule has 11 nitrogen and oxygen atoms in total. The Hall–Kier alpha value is -2.69. The second-order valence-electron chi connectivity index (χ2n) is 15.3. The fourth-order valence-electron chi connectivity index (χ4n) is 6.89. The first kappa shape index (κ1) is 43.5. The highest BCUT2D eigenvalue weighted by Crippen LogP contribution is 2.29. The quantitative estimate of drug-likeness (QED) is 0.0716. The van der Waals surface area contributed by atoms with Gasteiger partial charge in [-0.25, -0.2) is 0 Å². The number of amides is 1. The van der Waals surface area contributed by atoms with E-state index in [-0.39, 0.29) is 62.8 Å². The van der Waals surface area contributed by atoms with Gasteiger partial charge in [-0.3, -0.25) is 28.9 Å². The normalized spacial score (nSPS) is 20.8. The Morgan fingerprint density at radius 2 is 1.20 bits per heavy atom. The van der Waals surface area contributed by atoms with Gasteiger partial charge in [-0.05, 0) is 51.4 Å². The molecule has 0 aromatic rings. The van der Waals surface area contributed by atoms with Crippen LogP contribution in [-0.4, -0.2) is 96.7 Å². The lowest BCUT2D eigenvalue weighted by atomic mass is 9.89. The zero-order valence-electron chi connectivity index (χ0n) is 32.3. The SMILES string of the molecule is CCCC(=O)OC[C@H](CCCCN(C(=O)C(C)(C)C)C1CCCCC1)CN1C[C@H](OC(=O)CCC)C(OC(=O)CCC)[C@H](OC(=O)CCC)C1. The van der Waals surface area contributed by atoms with Crippen molar-refractivity contribution in [2.75, 3.05) is 32.8 Å². The minimum absolute atomic E-state index is 0.0459. The molecule has 50 heavy (non-hydrogen) atoms. The number of carbonyl (C=O) groups is 5. The fraction of sp³-hybridized carbons (Fsp3) is 0.872. The molecule has 2 rings (SSSR count). The molecule has 1 aliphatic carbocycles. The van der Waals surface area contributed by atoms with E-state index in [9.17, 15) is 24.0 Å². The maximum Gasteiger partial charge on any atom is 0.306 e. The average Bonchev–Trinajstić information content (AvgIpc) is 3.05. The molecule has 2 aliphatic rings. The summed E-state index contributed by atoms with van der Waals surface area (Å²) in [5.41, 5.74) is -0.446. The van der Waals surface area contributed by atoms with Gasteiger partial charge in [0.15, 0.2) is 18.3 Å². The van der Waals surface area contributed by atoms with Gasteiger partial charge >= 0.3 is 23.9 Å². The summed E-state index contributed by atoms with van der Waals surface area (Å²) >= 11 is 0. The van der Waals surface area contributed by atoms with Gasteiger partial charge in [0.05, 0.1) is 6.61 Å². The minimum atomic E-state index is -0.918. The van der Waals surface area contributed by atoms with E-state index in [1.165, 1.54) is 6.42 Å². The molecule has 0 bridgehead atoms. The van der Waals surface area contributed by atoms with Gasteiger partial charge in [-0.15, -0.1) is 0 Å². The van der Waals surface area contributed by atoms with E-state index in [2.05, 4.69) is 9.80 Å². The van der Waals surface area contributed by atoms with Gasteiger partial charge in [0.2, 0.25) is 5.91 Å². The molecule has 0 aromatic heterocycles. The van der Waals surface area contributed by atoms with Gasteiger partial charge in [-0.2, -0.15) is 0 Å². The monoisotopic (exact) mass is 708 g/mol. The molecule has 4 atom stereocenters. The number of piperidine rings is 1. The molecular weight excluding hydrogens is 640 g/mol. The summed E-state index contributed by atoms with van der Waals surface area (Å²) in [6.07, 6.45) is 9.00. The van der Waals surface area contributed by atoms with E-state index in [4.69, 9.17) is 18.9 Å². The van der Waals surface area contributed by atoms with Crippen LogP contribution in [0.3, 0.4) is 0 Å². The summed E-state index contributed by atoms with van der Waals surface area (Å²) in [6.45, 7) is 15.6. The van der Waals surface area contributed by atoms with E-state index >= 15 is 0 Å². The van der Waals surface area contributed by atoms with Crippen molar-refractivity contribution in [2.24, 2.45) is 11.3 Å². The molecule has 1 amide bonds. The summed E-state index contributed by atoms with van der Waals surface area (Å²) in [7, 11) is 0. The lowest BCUT2D eigenvalue weighted by Gasteiger charge is -2.42. The number of nitrogens with zero attached hydrogens (tertiary/aromatic N) is 2. The first-order chi connectivity index (χ1) is 23.8. The van der Waals surface area contributed by atoms with Crippen molar-refractivity contribution in [3.8, 4) is 0 Å². The van der Waals surface area contributed by atoms with Gasteiger partial charge < -0.3 is 23.8 Å². The molecule has 1 unspecified atom stereocenters. The van der Waals surface area contributed by atoms with Crippen molar-refractivity contribution < 1.29 is 42.9 Å². The van der Waals surface area contributed by atoms with Crippen LogP contribution in [0, 0.1) is 11.3 Å². The number of rotatable bonds is 21. The highest BCUT2D eigenvalue weighted by atomic mass is 16.6. The average molecular weight is 709 g/mol.